The standard InChI is InChI=1S/C13H23N3S/c1-8-4-5-11(6-9(8)2)13(16-14)12-7-17-10(3)15-12/h7-9,11,13,16H,4-6,14H2,1-3H3. The molecule has 0 aliphatic heterocycles. The van der Waals surface area contributed by atoms with Crippen molar-refractivity contribution in [2.45, 2.75) is 46.1 Å². The van der Waals surface area contributed by atoms with Gasteiger partial charge < -0.3 is 0 Å². The van der Waals surface area contributed by atoms with E-state index in [0.29, 0.717) is 5.92 Å². The molecule has 4 heteroatoms. The molecule has 0 aromatic carbocycles. The van der Waals surface area contributed by atoms with Gasteiger partial charge in [0, 0.05) is 5.38 Å². The minimum Gasteiger partial charge on any atom is -0.271 e. The van der Waals surface area contributed by atoms with Crippen molar-refractivity contribution in [1.29, 1.82) is 0 Å². The Hall–Kier alpha value is -0.450. The van der Waals surface area contributed by atoms with Crippen LogP contribution in [-0.2, 0) is 0 Å². The van der Waals surface area contributed by atoms with Crippen molar-refractivity contribution >= 4 is 11.3 Å². The van der Waals surface area contributed by atoms with Gasteiger partial charge in [0.25, 0.3) is 0 Å². The average molecular weight is 253 g/mol. The van der Waals surface area contributed by atoms with Crippen LogP contribution in [0.25, 0.3) is 0 Å². The molecule has 4 unspecified atom stereocenters. The molecular weight excluding hydrogens is 230 g/mol. The van der Waals surface area contributed by atoms with E-state index in [1.54, 1.807) is 11.3 Å². The molecule has 2 rings (SSSR count). The molecule has 0 radical (unpaired) electrons. The molecule has 0 bridgehead atoms. The Balaban J connectivity index is 2.08. The Kier molecular flexibility index (Phi) is 4.17. The van der Waals surface area contributed by atoms with Gasteiger partial charge in [-0.05, 0) is 37.5 Å². The fourth-order valence-electron chi connectivity index (χ4n) is 2.88. The number of nitrogens with one attached hydrogen (secondary N) is 1. The first kappa shape index (κ1) is 13.0. The molecule has 3 nitrogen and oxygen atoms in total. The number of aromatic nitrogens is 1. The molecule has 0 saturated heterocycles. The van der Waals surface area contributed by atoms with E-state index in [9.17, 15) is 0 Å². The molecule has 96 valence electrons. The number of aryl methyl sites for hydroxylation is 1. The van der Waals surface area contributed by atoms with Crippen LogP contribution in [0.2, 0.25) is 0 Å². The van der Waals surface area contributed by atoms with Crippen molar-refractivity contribution < 1.29 is 0 Å². The smallest absolute Gasteiger partial charge is 0.0898 e. The topological polar surface area (TPSA) is 50.9 Å². The fourth-order valence-corrected chi connectivity index (χ4v) is 3.53. The zero-order chi connectivity index (χ0) is 12.4. The van der Waals surface area contributed by atoms with Gasteiger partial charge in [0.2, 0.25) is 0 Å². The summed E-state index contributed by atoms with van der Waals surface area (Å²) >= 11 is 1.71. The first-order chi connectivity index (χ1) is 8.11. The zero-order valence-electron chi connectivity index (χ0n) is 10.9. The highest BCUT2D eigenvalue weighted by Crippen LogP contribution is 2.39. The lowest BCUT2D eigenvalue weighted by atomic mass is 9.73. The summed E-state index contributed by atoms with van der Waals surface area (Å²) in [5.41, 5.74) is 4.11. The third-order valence-corrected chi connectivity index (χ3v) is 5.04. The van der Waals surface area contributed by atoms with Crippen molar-refractivity contribution in [3.8, 4) is 0 Å². The summed E-state index contributed by atoms with van der Waals surface area (Å²) in [4.78, 5) is 4.58. The maximum atomic E-state index is 5.74. The summed E-state index contributed by atoms with van der Waals surface area (Å²) in [6.07, 6.45) is 3.83. The number of hydrogen-bond acceptors (Lipinski definition) is 4. The van der Waals surface area contributed by atoms with E-state index in [1.165, 1.54) is 19.3 Å². The summed E-state index contributed by atoms with van der Waals surface area (Å²) in [6, 6.07) is 0.231. The van der Waals surface area contributed by atoms with Crippen LogP contribution in [0.1, 0.15) is 49.9 Å². The highest BCUT2D eigenvalue weighted by molar-refractivity contribution is 7.09. The van der Waals surface area contributed by atoms with E-state index in [2.05, 4.69) is 29.6 Å². The average Bonchev–Trinajstić information content (AvgIpc) is 2.71. The molecule has 17 heavy (non-hydrogen) atoms. The van der Waals surface area contributed by atoms with Gasteiger partial charge in [-0.3, -0.25) is 11.3 Å². The number of hydrogen-bond donors (Lipinski definition) is 2. The van der Waals surface area contributed by atoms with Crippen LogP contribution < -0.4 is 11.3 Å². The third kappa shape index (κ3) is 2.87. The fraction of sp³-hybridized carbons (Fsp3) is 0.769. The van der Waals surface area contributed by atoms with Crippen molar-refractivity contribution in [2.24, 2.45) is 23.6 Å². The molecule has 0 amide bonds. The maximum Gasteiger partial charge on any atom is 0.0898 e. The summed E-state index contributed by atoms with van der Waals surface area (Å²) in [5.74, 6) is 8.02. The molecule has 1 fully saturated rings. The number of nitrogens with zero attached hydrogens (tertiary/aromatic N) is 1. The largest absolute Gasteiger partial charge is 0.271 e. The van der Waals surface area contributed by atoms with Crippen LogP contribution >= 0.6 is 11.3 Å². The second kappa shape index (κ2) is 5.46. The minimum absolute atomic E-state index is 0.231. The van der Waals surface area contributed by atoms with Gasteiger partial charge in [-0.2, -0.15) is 0 Å². The van der Waals surface area contributed by atoms with Gasteiger partial charge >= 0.3 is 0 Å². The monoisotopic (exact) mass is 253 g/mol. The minimum atomic E-state index is 0.231. The van der Waals surface area contributed by atoms with E-state index in [0.717, 1.165) is 22.5 Å². The quantitative estimate of drug-likeness (QED) is 0.643. The Morgan fingerprint density at radius 3 is 2.71 bits per heavy atom. The van der Waals surface area contributed by atoms with Gasteiger partial charge in [0.05, 0.1) is 16.7 Å². The van der Waals surface area contributed by atoms with Crippen LogP contribution in [0, 0.1) is 24.7 Å². The summed E-state index contributed by atoms with van der Waals surface area (Å²) in [6.45, 7) is 6.77. The van der Waals surface area contributed by atoms with E-state index in [1.807, 2.05) is 6.92 Å². The zero-order valence-corrected chi connectivity index (χ0v) is 11.8. The predicted molar refractivity (Wildman–Crippen MR) is 72.6 cm³/mol. The summed E-state index contributed by atoms with van der Waals surface area (Å²) in [5, 5.41) is 3.26. The number of rotatable bonds is 3. The summed E-state index contributed by atoms with van der Waals surface area (Å²) in [7, 11) is 0. The van der Waals surface area contributed by atoms with Crippen LogP contribution in [0.15, 0.2) is 5.38 Å². The lowest BCUT2D eigenvalue weighted by molar-refractivity contribution is 0.170. The molecule has 4 atom stereocenters. The SMILES string of the molecule is Cc1nc(C(NN)C2CCC(C)C(C)C2)cs1. The second-order valence-corrected chi connectivity index (χ2v) is 6.53. The first-order valence-electron chi connectivity index (χ1n) is 6.50. The number of thiazole rings is 1. The molecule has 1 saturated carbocycles. The van der Waals surface area contributed by atoms with Gasteiger partial charge in [-0.1, -0.05) is 20.3 Å². The second-order valence-electron chi connectivity index (χ2n) is 5.46. The predicted octanol–water partition coefficient (Wildman–Crippen LogP) is 3.03. The molecule has 1 aliphatic carbocycles. The summed E-state index contributed by atoms with van der Waals surface area (Å²) < 4.78 is 0. The lowest BCUT2D eigenvalue weighted by Crippen LogP contribution is -2.37. The molecular formula is C13H23N3S. The Labute approximate surface area is 108 Å². The molecule has 1 aliphatic rings. The van der Waals surface area contributed by atoms with Gasteiger partial charge in [-0.25, -0.2) is 4.98 Å². The van der Waals surface area contributed by atoms with Gasteiger partial charge in [0.1, 0.15) is 0 Å². The van der Waals surface area contributed by atoms with Gasteiger partial charge in [0.15, 0.2) is 0 Å². The molecule has 1 heterocycles. The number of hydrazine groups is 1. The van der Waals surface area contributed by atoms with Crippen LogP contribution in [0.3, 0.4) is 0 Å². The van der Waals surface area contributed by atoms with Crippen molar-refractivity contribution in [1.82, 2.24) is 10.4 Å². The van der Waals surface area contributed by atoms with Crippen LogP contribution in [-0.4, -0.2) is 4.98 Å². The molecule has 1 aromatic heterocycles. The van der Waals surface area contributed by atoms with Crippen LogP contribution in [0.4, 0.5) is 0 Å². The third-order valence-electron chi connectivity index (χ3n) is 4.25. The lowest BCUT2D eigenvalue weighted by Gasteiger charge is -2.35. The highest BCUT2D eigenvalue weighted by Gasteiger charge is 2.31. The Morgan fingerprint density at radius 1 is 1.41 bits per heavy atom. The van der Waals surface area contributed by atoms with Crippen molar-refractivity contribution in [3.05, 3.63) is 16.1 Å². The van der Waals surface area contributed by atoms with E-state index >= 15 is 0 Å². The molecule has 0 spiro atoms. The van der Waals surface area contributed by atoms with Crippen LogP contribution in [0.5, 0.6) is 0 Å². The normalized spacial score (nSPS) is 31.4. The Morgan fingerprint density at radius 2 is 2.18 bits per heavy atom. The van der Waals surface area contributed by atoms with E-state index in [-0.39, 0.29) is 6.04 Å². The van der Waals surface area contributed by atoms with Crippen molar-refractivity contribution in [3.63, 3.8) is 0 Å². The maximum absolute atomic E-state index is 5.74. The van der Waals surface area contributed by atoms with E-state index in [4.69, 9.17) is 5.84 Å². The molecule has 1 aromatic rings. The molecule has 3 N–H and O–H groups in total. The number of nitrogens with two attached hydrogens (primary N) is 1. The van der Waals surface area contributed by atoms with Crippen molar-refractivity contribution in [2.75, 3.05) is 0 Å². The van der Waals surface area contributed by atoms with Gasteiger partial charge in [-0.15, -0.1) is 11.3 Å². The first-order valence-corrected chi connectivity index (χ1v) is 7.38. The highest BCUT2D eigenvalue weighted by atomic mass is 32.1. The Bertz CT molecular complexity index is 363. The van der Waals surface area contributed by atoms with E-state index < -0.39 is 0 Å².